The topological polar surface area (TPSA) is 46.3 Å². The van der Waals surface area contributed by atoms with Crippen LogP contribution in [0, 0.1) is 23.4 Å². The highest BCUT2D eigenvalue weighted by Gasteiger charge is 2.31. The first-order valence-electron chi connectivity index (χ1n) is 6.60. The van der Waals surface area contributed by atoms with Crippen LogP contribution in [0.4, 0.5) is 13.2 Å². The smallest absolute Gasteiger partial charge is 0.257 e. The van der Waals surface area contributed by atoms with Gasteiger partial charge < -0.3 is 10.6 Å². The Bertz CT molecular complexity index is 521. The Hall–Kier alpha value is -1.56. The number of carbonyl (C=O) groups is 1. The molecule has 2 unspecified atom stereocenters. The van der Waals surface area contributed by atoms with Crippen LogP contribution < -0.4 is 5.73 Å². The first-order chi connectivity index (χ1) is 9.45. The SMILES string of the molecule is CC1CCN(C(=O)c2ccc(F)c(F)c2F)C(CN)C1. The van der Waals surface area contributed by atoms with Crippen molar-refractivity contribution >= 4 is 5.91 Å². The quantitative estimate of drug-likeness (QED) is 0.848. The van der Waals surface area contributed by atoms with Gasteiger partial charge in [-0.15, -0.1) is 0 Å². The van der Waals surface area contributed by atoms with Gasteiger partial charge >= 0.3 is 0 Å². The lowest BCUT2D eigenvalue weighted by molar-refractivity contribution is 0.0567. The monoisotopic (exact) mass is 286 g/mol. The van der Waals surface area contributed by atoms with Gasteiger partial charge in [-0.1, -0.05) is 6.92 Å². The number of benzene rings is 1. The molecule has 2 rings (SSSR count). The van der Waals surface area contributed by atoms with E-state index in [-0.39, 0.29) is 12.6 Å². The number of amides is 1. The van der Waals surface area contributed by atoms with Gasteiger partial charge in [0.2, 0.25) is 0 Å². The van der Waals surface area contributed by atoms with E-state index in [1.54, 1.807) is 0 Å². The summed E-state index contributed by atoms with van der Waals surface area (Å²) in [7, 11) is 0. The van der Waals surface area contributed by atoms with Crippen LogP contribution in [0.15, 0.2) is 12.1 Å². The van der Waals surface area contributed by atoms with Gasteiger partial charge in [-0.25, -0.2) is 13.2 Å². The molecule has 1 aliphatic heterocycles. The molecule has 1 aliphatic rings. The van der Waals surface area contributed by atoms with Crippen molar-refractivity contribution in [3.63, 3.8) is 0 Å². The summed E-state index contributed by atoms with van der Waals surface area (Å²) < 4.78 is 39.8. The fourth-order valence-corrected chi connectivity index (χ4v) is 2.59. The maximum Gasteiger partial charge on any atom is 0.257 e. The molecule has 1 heterocycles. The van der Waals surface area contributed by atoms with Crippen molar-refractivity contribution in [3.05, 3.63) is 35.1 Å². The second kappa shape index (κ2) is 5.83. The maximum absolute atomic E-state index is 13.7. The number of carbonyl (C=O) groups excluding carboxylic acids is 1. The van der Waals surface area contributed by atoms with Crippen LogP contribution in [0.3, 0.4) is 0 Å². The van der Waals surface area contributed by atoms with Gasteiger partial charge in [0.1, 0.15) is 0 Å². The molecule has 1 amide bonds. The van der Waals surface area contributed by atoms with Crippen LogP contribution >= 0.6 is 0 Å². The lowest BCUT2D eigenvalue weighted by Crippen LogP contribution is -2.49. The van der Waals surface area contributed by atoms with Crippen LogP contribution in [0.25, 0.3) is 0 Å². The second-order valence-corrected chi connectivity index (χ2v) is 5.24. The first-order valence-corrected chi connectivity index (χ1v) is 6.60. The Labute approximate surface area is 115 Å². The number of nitrogens with zero attached hydrogens (tertiary/aromatic N) is 1. The molecule has 0 aliphatic carbocycles. The van der Waals surface area contributed by atoms with Crippen molar-refractivity contribution in [1.29, 1.82) is 0 Å². The van der Waals surface area contributed by atoms with E-state index in [1.165, 1.54) is 4.90 Å². The summed E-state index contributed by atoms with van der Waals surface area (Å²) in [5, 5.41) is 0. The average molecular weight is 286 g/mol. The third-order valence-electron chi connectivity index (χ3n) is 3.78. The molecule has 3 nitrogen and oxygen atoms in total. The Morgan fingerprint density at radius 3 is 2.70 bits per heavy atom. The van der Waals surface area contributed by atoms with Crippen molar-refractivity contribution in [2.45, 2.75) is 25.8 Å². The summed E-state index contributed by atoms with van der Waals surface area (Å²) in [6, 6.07) is 1.54. The van der Waals surface area contributed by atoms with Crippen LogP contribution in [-0.2, 0) is 0 Å². The molecule has 110 valence electrons. The Kier molecular flexibility index (Phi) is 4.32. The number of piperidine rings is 1. The molecule has 2 atom stereocenters. The van der Waals surface area contributed by atoms with Crippen molar-refractivity contribution in [1.82, 2.24) is 4.90 Å². The normalized spacial score (nSPS) is 22.9. The zero-order valence-corrected chi connectivity index (χ0v) is 11.2. The largest absolute Gasteiger partial charge is 0.334 e. The second-order valence-electron chi connectivity index (χ2n) is 5.24. The van der Waals surface area contributed by atoms with E-state index in [0.717, 1.165) is 25.0 Å². The molecule has 1 aromatic rings. The number of halogens is 3. The van der Waals surface area contributed by atoms with Crippen molar-refractivity contribution in [2.75, 3.05) is 13.1 Å². The number of nitrogens with two attached hydrogens (primary N) is 1. The van der Waals surface area contributed by atoms with E-state index in [4.69, 9.17) is 5.73 Å². The molecule has 0 saturated carbocycles. The molecular weight excluding hydrogens is 269 g/mol. The summed E-state index contributed by atoms with van der Waals surface area (Å²) in [5.41, 5.74) is 5.19. The minimum Gasteiger partial charge on any atom is -0.334 e. The van der Waals surface area contributed by atoms with E-state index < -0.39 is 28.9 Å². The van der Waals surface area contributed by atoms with E-state index in [2.05, 4.69) is 6.92 Å². The predicted molar refractivity (Wildman–Crippen MR) is 68.6 cm³/mol. The molecule has 0 aromatic heterocycles. The summed E-state index contributed by atoms with van der Waals surface area (Å²) in [5.74, 6) is -4.57. The van der Waals surface area contributed by atoms with Gasteiger partial charge in [0, 0.05) is 19.1 Å². The minimum absolute atomic E-state index is 0.196. The van der Waals surface area contributed by atoms with Gasteiger partial charge in [0.15, 0.2) is 17.5 Å². The molecule has 2 N–H and O–H groups in total. The summed E-state index contributed by atoms with van der Waals surface area (Å²) in [4.78, 5) is 13.8. The van der Waals surface area contributed by atoms with E-state index in [0.29, 0.717) is 12.5 Å². The third-order valence-corrected chi connectivity index (χ3v) is 3.78. The van der Waals surface area contributed by atoms with Crippen LogP contribution in [0.1, 0.15) is 30.1 Å². The highest BCUT2D eigenvalue weighted by molar-refractivity contribution is 5.94. The van der Waals surface area contributed by atoms with Gasteiger partial charge in [-0.3, -0.25) is 4.79 Å². The summed E-state index contributed by atoms with van der Waals surface area (Å²) in [6.07, 6.45) is 1.51. The Balaban J connectivity index is 2.29. The van der Waals surface area contributed by atoms with E-state index >= 15 is 0 Å². The summed E-state index contributed by atoms with van der Waals surface area (Å²) in [6.45, 7) is 2.77. The molecule has 1 saturated heterocycles. The van der Waals surface area contributed by atoms with Gasteiger partial charge in [0.05, 0.1) is 5.56 Å². The minimum atomic E-state index is -1.62. The molecule has 0 radical (unpaired) electrons. The molecule has 6 heteroatoms. The van der Waals surface area contributed by atoms with Crippen molar-refractivity contribution in [3.8, 4) is 0 Å². The van der Waals surface area contributed by atoms with Crippen molar-refractivity contribution < 1.29 is 18.0 Å². The van der Waals surface area contributed by atoms with E-state index in [1.807, 2.05) is 0 Å². The van der Waals surface area contributed by atoms with Crippen LogP contribution in [-0.4, -0.2) is 29.9 Å². The van der Waals surface area contributed by atoms with Gasteiger partial charge in [-0.05, 0) is 30.9 Å². The molecule has 0 bridgehead atoms. The zero-order valence-electron chi connectivity index (χ0n) is 11.2. The van der Waals surface area contributed by atoms with Gasteiger partial charge in [-0.2, -0.15) is 0 Å². The number of rotatable bonds is 2. The Morgan fingerprint density at radius 1 is 1.35 bits per heavy atom. The third kappa shape index (κ3) is 2.65. The lowest BCUT2D eigenvalue weighted by atomic mass is 9.92. The zero-order chi connectivity index (χ0) is 14.9. The molecule has 20 heavy (non-hydrogen) atoms. The average Bonchev–Trinajstić information content (AvgIpc) is 2.44. The number of hydrogen-bond acceptors (Lipinski definition) is 2. The van der Waals surface area contributed by atoms with Crippen molar-refractivity contribution in [2.24, 2.45) is 11.7 Å². The maximum atomic E-state index is 13.7. The lowest BCUT2D eigenvalue weighted by Gasteiger charge is -2.38. The van der Waals surface area contributed by atoms with Gasteiger partial charge in [0.25, 0.3) is 5.91 Å². The Morgan fingerprint density at radius 2 is 2.05 bits per heavy atom. The molecule has 0 spiro atoms. The highest BCUT2D eigenvalue weighted by Crippen LogP contribution is 2.25. The fourth-order valence-electron chi connectivity index (χ4n) is 2.59. The molecular formula is C14H17F3N2O. The number of likely N-dealkylation sites (tertiary alicyclic amines) is 1. The summed E-state index contributed by atoms with van der Waals surface area (Å²) >= 11 is 0. The van der Waals surface area contributed by atoms with Crippen LogP contribution in [0.2, 0.25) is 0 Å². The molecule has 1 aromatic carbocycles. The molecule has 1 fully saturated rings. The van der Waals surface area contributed by atoms with E-state index in [9.17, 15) is 18.0 Å². The predicted octanol–water partition coefficient (Wildman–Crippen LogP) is 2.30. The fraction of sp³-hybridized carbons (Fsp3) is 0.500. The standard InChI is InChI=1S/C14H17F3N2O/c1-8-4-5-19(9(6-8)7-18)14(20)10-2-3-11(15)13(17)12(10)16/h2-3,8-9H,4-7,18H2,1H3. The number of hydrogen-bond donors (Lipinski definition) is 1. The van der Waals surface area contributed by atoms with Crippen LogP contribution in [0.5, 0.6) is 0 Å². The first kappa shape index (κ1) is 14.8. The highest BCUT2D eigenvalue weighted by atomic mass is 19.2.